The Balaban J connectivity index is 1.12. The zero-order chi connectivity index (χ0) is 32.1. The number of anilines is 3. The molecule has 244 valence electrons. The van der Waals surface area contributed by atoms with E-state index in [4.69, 9.17) is 14.2 Å². The highest BCUT2D eigenvalue weighted by molar-refractivity contribution is 5.69. The molecule has 46 heavy (non-hydrogen) atoms. The highest BCUT2D eigenvalue weighted by atomic mass is 19.4. The van der Waals surface area contributed by atoms with Crippen molar-refractivity contribution in [3.63, 3.8) is 0 Å². The van der Waals surface area contributed by atoms with Gasteiger partial charge in [0.2, 0.25) is 5.95 Å². The van der Waals surface area contributed by atoms with Crippen molar-refractivity contribution in [2.24, 2.45) is 0 Å². The van der Waals surface area contributed by atoms with Gasteiger partial charge >= 0.3 is 6.18 Å². The highest BCUT2D eigenvalue weighted by Crippen LogP contribution is 2.39. The monoisotopic (exact) mass is 639 g/mol. The fraction of sp³-hybridized carbons (Fsp3) is 0.452. The van der Waals surface area contributed by atoms with E-state index < -0.39 is 17.8 Å². The summed E-state index contributed by atoms with van der Waals surface area (Å²) < 4.78 is 59.6. The maximum atomic E-state index is 13.8. The SMILES string of the molecule is COc1cc(N2CCC(N3CCOCC3)CC2)ccc1Nc1ncc(-c2ccc(C(F)(F)F)c(O[C@@H](C)Cn3cnnn3)c2)cn1. The molecule has 12 nitrogen and oxygen atoms in total. The van der Waals surface area contributed by atoms with Crippen LogP contribution in [-0.2, 0) is 17.5 Å². The summed E-state index contributed by atoms with van der Waals surface area (Å²) in [6.45, 7) is 7.40. The minimum Gasteiger partial charge on any atom is -0.494 e. The third-order valence-corrected chi connectivity index (χ3v) is 8.26. The summed E-state index contributed by atoms with van der Waals surface area (Å²) in [5.41, 5.74) is 1.91. The zero-order valence-electron chi connectivity index (χ0n) is 25.7. The van der Waals surface area contributed by atoms with Crippen molar-refractivity contribution in [3.05, 3.63) is 60.7 Å². The third-order valence-electron chi connectivity index (χ3n) is 8.26. The van der Waals surface area contributed by atoms with Crippen LogP contribution < -0.4 is 19.7 Å². The van der Waals surface area contributed by atoms with Gasteiger partial charge in [-0.25, -0.2) is 14.6 Å². The average Bonchev–Trinajstić information content (AvgIpc) is 3.58. The van der Waals surface area contributed by atoms with Crippen molar-refractivity contribution < 1.29 is 27.4 Å². The van der Waals surface area contributed by atoms with E-state index in [1.54, 1.807) is 26.4 Å². The van der Waals surface area contributed by atoms with Crippen LogP contribution in [0.1, 0.15) is 25.3 Å². The number of halogens is 3. The summed E-state index contributed by atoms with van der Waals surface area (Å²) >= 11 is 0. The molecule has 0 aliphatic carbocycles. The molecule has 1 atom stereocenters. The molecule has 0 saturated carbocycles. The molecule has 2 aromatic heterocycles. The molecule has 0 unspecified atom stereocenters. The summed E-state index contributed by atoms with van der Waals surface area (Å²) in [6, 6.07) is 10.3. The largest absolute Gasteiger partial charge is 0.494 e. The Bertz CT molecular complexity index is 1570. The molecule has 0 bridgehead atoms. The standard InChI is InChI=1S/C31H36F3N9O3/c1-21(19-43-20-37-39-40-43)46-28-15-22(3-5-26(28)31(32,33)34)23-17-35-30(36-18-23)38-27-6-4-25(16-29(27)44-2)41-9-7-24(8-10-41)42-11-13-45-14-12-42/h3-6,15-18,20-21,24H,7-14,19H2,1-2H3,(H,35,36,38)/t21-/m0/s1. The molecule has 1 N–H and O–H groups in total. The first-order chi connectivity index (χ1) is 22.3. The van der Waals surface area contributed by atoms with Gasteiger partial charge in [0.05, 0.1) is 38.1 Å². The molecular formula is C31H36F3N9O3. The molecule has 2 aliphatic rings. The summed E-state index contributed by atoms with van der Waals surface area (Å²) in [7, 11) is 1.62. The van der Waals surface area contributed by atoms with Crippen molar-refractivity contribution in [2.75, 3.05) is 56.7 Å². The maximum absolute atomic E-state index is 13.8. The van der Waals surface area contributed by atoms with Gasteiger partial charge in [0, 0.05) is 61.9 Å². The van der Waals surface area contributed by atoms with Gasteiger partial charge < -0.3 is 24.4 Å². The number of methoxy groups -OCH3 is 1. The van der Waals surface area contributed by atoms with E-state index in [1.807, 2.05) is 12.1 Å². The number of tetrazole rings is 1. The molecule has 4 heterocycles. The second kappa shape index (κ2) is 13.9. The fourth-order valence-corrected chi connectivity index (χ4v) is 5.89. The smallest absolute Gasteiger partial charge is 0.419 e. The van der Waals surface area contributed by atoms with Crippen LogP contribution in [0.25, 0.3) is 11.1 Å². The molecule has 4 aromatic rings. The lowest BCUT2D eigenvalue weighted by molar-refractivity contribution is -0.139. The summed E-state index contributed by atoms with van der Waals surface area (Å²) in [6.07, 6.45) is 1.45. The lowest BCUT2D eigenvalue weighted by Crippen LogP contribution is -2.49. The Morgan fingerprint density at radius 2 is 1.74 bits per heavy atom. The van der Waals surface area contributed by atoms with Crippen LogP contribution in [0.3, 0.4) is 0 Å². The van der Waals surface area contributed by atoms with Crippen molar-refractivity contribution in [1.29, 1.82) is 0 Å². The Morgan fingerprint density at radius 3 is 2.41 bits per heavy atom. The minimum atomic E-state index is -4.60. The normalized spacial score (nSPS) is 17.1. The van der Waals surface area contributed by atoms with E-state index in [0.717, 1.165) is 64.0 Å². The van der Waals surface area contributed by atoms with Crippen LogP contribution in [0.2, 0.25) is 0 Å². The van der Waals surface area contributed by atoms with Gasteiger partial charge in [-0.05, 0) is 60.0 Å². The number of nitrogens with one attached hydrogen (secondary N) is 1. The van der Waals surface area contributed by atoms with Gasteiger partial charge in [-0.15, -0.1) is 5.10 Å². The van der Waals surface area contributed by atoms with Gasteiger partial charge in [0.1, 0.15) is 23.9 Å². The average molecular weight is 640 g/mol. The predicted octanol–water partition coefficient (Wildman–Crippen LogP) is 4.67. The van der Waals surface area contributed by atoms with Crippen LogP contribution >= 0.6 is 0 Å². The van der Waals surface area contributed by atoms with Gasteiger partial charge in [-0.2, -0.15) is 13.2 Å². The number of piperidine rings is 1. The van der Waals surface area contributed by atoms with Gasteiger partial charge in [-0.3, -0.25) is 4.90 Å². The first-order valence-corrected chi connectivity index (χ1v) is 15.2. The topological polar surface area (TPSA) is 116 Å². The van der Waals surface area contributed by atoms with E-state index in [9.17, 15) is 13.2 Å². The second-order valence-electron chi connectivity index (χ2n) is 11.3. The third kappa shape index (κ3) is 7.48. The van der Waals surface area contributed by atoms with Crippen molar-refractivity contribution in [3.8, 4) is 22.6 Å². The molecule has 2 fully saturated rings. The van der Waals surface area contributed by atoms with Gasteiger partial charge in [0.15, 0.2) is 0 Å². The lowest BCUT2D eigenvalue weighted by atomic mass is 10.0. The van der Waals surface area contributed by atoms with Crippen molar-refractivity contribution in [1.82, 2.24) is 35.1 Å². The quantitative estimate of drug-likeness (QED) is 0.261. The number of aromatic nitrogens is 6. The predicted molar refractivity (Wildman–Crippen MR) is 164 cm³/mol. The molecule has 2 saturated heterocycles. The van der Waals surface area contributed by atoms with Crippen molar-refractivity contribution in [2.45, 2.75) is 44.6 Å². The maximum Gasteiger partial charge on any atom is 0.419 e. The summed E-state index contributed by atoms with van der Waals surface area (Å²) in [5, 5.41) is 14.0. The summed E-state index contributed by atoms with van der Waals surface area (Å²) in [5.74, 6) is 0.670. The van der Waals surface area contributed by atoms with Gasteiger partial charge in [0.25, 0.3) is 0 Å². The highest BCUT2D eigenvalue weighted by Gasteiger charge is 2.35. The number of nitrogens with zero attached hydrogens (tertiary/aromatic N) is 8. The molecular weight excluding hydrogens is 603 g/mol. The molecule has 15 heteroatoms. The first-order valence-electron chi connectivity index (χ1n) is 15.2. The molecule has 0 radical (unpaired) electrons. The summed E-state index contributed by atoms with van der Waals surface area (Å²) in [4.78, 5) is 13.7. The molecule has 6 rings (SSSR count). The van der Waals surface area contributed by atoms with Crippen LogP contribution in [0.5, 0.6) is 11.5 Å². The number of morpholine rings is 1. The Hall–Kier alpha value is -4.50. The van der Waals surface area contributed by atoms with Crippen molar-refractivity contribution >= 4 is 17.3 Å². The minimum absolute atomic E-state index is 0.176. The molecule has 0 spiro atoms. The van der Waals surface area contributed by atoms with E-state index >= 15 is 0 Å². The number of ether oxygens (including phenoxy) is 3. The van der Waals surface area contributed by atoms with E-state index in [2.05, 4.69) is 46.7 Å². The second-order valence-corrected chi connectivity index (χ2v) is 11.3. The Labute approximate surface area is 264 Å². The number of hydrogen-bond acceptors (Lipinski definition) is 11. The first kappa shape index (κ1) is 31.5. The zero-order valence-corrected chi connectivity index (χ0v) is 25.7. The van der Waals surface area contributed by atoms with E-state index in [0.29, 0.717) is 34.6 Å². The number of rotatable bonds is 10. The van der Waals surface area contributed by atoms with Crippen LogP contribution in [0.4, 0.5) is 30.5 Å². The van der Waals surface area contributed by atoms with Crippen LogP contribution in [0.15, 0.2) is 55.1 Å². The van der Waals surface area contributed by atoms with E-state index in [1.165, 1.54) is 23.1 Å². The van der Waals surface area contributed by atoms with Crippen LogP contribution in [-0.4, -0.2) is 93.7 Å². The van der Waals surface area contributed by atoms with Crippen LogP contribution in [0, 0.1) is 0 Å². The molecule has 0 amide bonds. The number of alkyl halides is 3. The number of benzene rings is 2. The fourth-order valence-electron chi connectivity index (χ4n) is 5.89. The number of hydrogen-bond donors (Lipinski definition) is 1. The Kier molecular flexibility index (Phi) is 9.49. The molecule has 2 aromatic carbocycles. The molecule has 2 aliphatic heterocycles. The van der Waals surface area contributed by atoms with Gasteiger partial charge in [-0.1, -0.05) is 6.07 Å². The lowest BCUT2D eigenvalue weighted by Gasteiger charge is -2.40. The Morgan fingerprint density at radius 1 is 0.978 bits per heavy atom. The van der Waals surface area contributed by atoms with E-state index in [-0.39, 0.29) is 12.3 Å².